The Morgan fingerprint density at radius 2 is 1.96 bits per heavy atom. The Kier molecular flexibility index (Phi) is 5.16. The van der Waals surface area contributed by atoms with E-state index in [4.69, 9.17) is 11.6 Å². The van der Waals surface area contributed by atoms with Crippen molar-refractivity contribution in [2.45, 2.75) is 64.1 Å². The van der Waals surface area contributed by atoms with Gasteiger partial charge in [0.1, 0.15) is 17.1 Å². The Hall–Kier alpha value is -1.09. The zero-order valence-electron chi connectivity index (χ0n) is 14.5. The van der Waals surface area contributed by atoms with Crippen molar-refractivity contribution >= 4 is 51.3 Å². The highest BCUT2D eigenvalue weighted by atomic mass is 127. The molecule has 0 unspecified atom stereocenters. The Labute approximate surface area is 165 Å². The van der Waals surface area contributed by atoms with Gasteiger partial charge >= 0.3 is 6.09 Å². The van der Waals surface area contributed by atoms with Crippen molar-refractivity contribution in [2.75, 3.05) is 0 Å². The summed E-state index contributed by atoms with van der Waals surface area (Å²) in [6.45, 7) is 5.86. The molecule has 2 heterocycles. The van der Waals surface area contributed by atoms with E-state index >= 15 is 0 Å². The summed E-state index contributed by atoms with van der Waals surface area (Å²) in [6, 6.07) is 0.372. The van der Waals surface area contributed by atoms with Crippen LogP contribution >= 0.6 is 34.2 Å². The molecule has 0 radical (unpaired) electrons. The van der Waals surface area contributed by atoms with E-state index in [0.717, 1.165) is 40.3 Å². The average Bonchev–Trinajstić information content (AvgIpc) is 2.85. The van der Waals surface area contributed by atoms with Crippen LogP contribution in [-0.4, -0.2) is 42.2 Å². The highest BCUT2D eigenvalue weighted by molar-refractivity contribution is 14.1. The molecule has 1 fully saturated rings. The second-order valence-electron chi connectivity index (χ2n) is 7.53. The summed E-state index contributed by atoms with van der Waals surface area (Å²) >= 11 is 8.49. The average molecular weight is 477 g/mol. The summed E-state index contributed by atoms with van der Waals surface area (Å²) < 4.78 is 3.23. The van der Waals surface area contributed by atoms with Crippen LogP contribution in [0.1, 0.15) is 52.5 Å². The molecule has 3 rings (SSSR count). The van der Waals surface area contributed by atoms with Crippen molar-refractivity contribution in [2.24, 2.45) is 0 Å². The van der Waals surface area contributed by atoms with Gasteiger partial charge in [-0.2, -0.15) is 0 Å². The SMILES string of the molecule is CC(C)(C)N(C(=O)O)C1CCC(n2cc(I)c3c(Cl)ncnc32)CC1. The molecule has 1 aliphatic carbocycles. The summed E-state index contributed by atoms with van der Waals surface area (Å²) in [5, 5.41) is 11.0. The maximum absolute atomic E-state index is 11.7. The van der Waals surface area contributed by atoms with E-state index in [1.54, 1.807) is 4.90 Å². The summed E-state index contributed by atoms with van der Waals surface area (Å²) in [5.74, 6) is 0. The van der Waals surface area contributed by atoms with E-state index in [1.165, 1.54) is 6.33 Å². The molecule has 8 heteroatoms. The topological polar surface area (TPSA) is 71.2 Å². The lowest BCUT2D eigenvalue weighted by Gasteiger charge is -2.42. The van der Waals surface area contributed by atoms with E-state index in [2.05, 4.69) is 43.3 Å². The van der Waals surface area contributed by atoms with Crippen LogP contribution in [0, 0.1) is 3.57 Å². The highest BCUT2D eigenvalue weighted by Gasteiger charge is 2.36. The first-order chi connectivity index (χ1) is 11.7. The molecule has 1 saturated carbocycles. The first kappa shape index (κ1) is 18.7. The van der Waals surface area contributed by atoms with Gasteiger partial charge in [-0.25, -0.2) is 14.8 Å². The minimum Gasteiger partial charge on any atom is -0.465 e. The normalized spacial score (nSPS) is 21.5. The molecule has 6 nitrogen and oxygen atoms in total. The Balaban J connectivity index is 1.82. The maximum atomic E-state index is 11.7. The Morgan fingerprint density at radius 3 is 2.52 bits per heavy atom. The van der Waals surface area contributed by atoms with Gasteiger partial charge in [0.05, 0.1) is 5.39 Å². The monoisotopic (exact) mass is 476 g/mol. The fourth-order valence-corrected chi connectivity index (χ4v) is 5.05. The van der Waals surface area contributed by atoms with Gasteiger partial charge in [0.25, 0.3) is 0 Å². The molecule has 0 aromatic carbocycles. The molecule has 0 bridgehead atoms. The van der Waals surface area contributed by atoms with Crippen molar-refractivity contribution in [3.63, 3.8) is 0 Å². The van der Waals surface area contributed by atoms with Crippen molar-refractivity contribution in [1.82, 2.24) is 19.4 Å². The van der Waals surface area contributed by atoms with Crippen molar-refractivity contribution < 1.29 is 9.90 Å². The maximum Gasteiger partial charge on any atom is 0.407 e. The molecule has 1 amide bonds. The van der Waals surface area contributed by atoms with Crippen molar-refractivity contribution in [3.8, 4) is 0 Å². The van der Waals surface area contributed by atoms with Crippen LogP contribution < -0.4 is 0 Å². The fourth-order valence-electron chi connectivity index (χ4n) is 3.87. The van der Waals surface area contributed by atoms with Crippen LogP contribution in [0.3, 0.4) is 0 Å². The lowest BCUT2D eigenvalue weighted by atomic mass is 9.88. The molecule has 0 atom stereocenters. The third-order valence-corrected chi connectivity index (χ3v) is 5.97. The molecule has 1 N–H and O–H groups in total. The van der Waals surface area contributed by atoms with E-state index in [0.29, 0.717) is 11.2 Å². The number of hydrogen-bond donors (Lipinski definition) is 1. The first-order valence-electron chi connectivity index (χ1n) is 8.39. The van der Waals surface area contributed by atoms with Gasteiger partial charge in [0.2, 0.25) is 0 Å². The van der Waals surface area contributed by atoms with Crippen LogP contribution in [0.15, 0.2) is 12.5 Å². The smallest absolute Gasteiger partial charge is 0.407 e. The van der Waals surface area contributed by atoms with Crippen molar-refractivity contribution in [1.29, 1.82) is 0 Å². The van der Waals surface area contributed by atoms with Gasteiger partial charge in [-0.15, -0.1) is 0 Å². The Bertz CT molecular complexity index is 794. The number of carboxylic acid groups (broad SMARTS) is 1. The van der Waals surface area contributed by atoms with Gasteiger partial charge in [0.15, 0.2) is 0 Å². The Morgan fingerprint density at radius 1 is 1.32 bits per heavy atom. The summed E-state index contributed by atoms with van der Waals surface area (Å²) in [6.07, 6.45) is 6.28. The number of aromatic nitrogens is 3. The molecule has 136 valence electrons. The molecule has 25 heavy (non-hydrogen) atoms. The van der Waals surface area contributed by atoms with E-state index in [1.807, 2.05) is 20.8 Å². The van der Waals surface area contributed by atoms with E-state index < -0.39 is 6.09 Å². The van der Waals surface area contributed by atoms with Gasteiger partial charge < -0.3 is 14.6 Å². The minimum atomic E-state index is -0.837. The molecule has 2 aromatic heterocycles. The number of nitrogens with zero attached hydrogens (tertiary/aromatic N) is 4. The summed E-state index contributed by atoms with van der Waals surface area (Å²) in [4.78, 5) is 21.8. The summed E-state index contributed by atoms with van der Waals surface area (Å²) in [7, 11) is 0. The number of carbonyl (C=O) groups is 1. The van der Waals surface area contributed by atoms with Crippen LogP contribution in [0.4, 0.5) is 4.79 Å². The molecular formula is C17H22ClIN4O2. The third-order valence-electron chi connectivity index (χ3n) is 4.87. The van der Waals surface area contributed by atoms with Crippen LogP contribution in [0.2, 0.25) is 5.15 Å². The van der Waals surface area contributed by atoms with Crippen LogP contribution in [-0.2, 0) is 0 Å². The van der Waals surface area contributed by atoms with Crippen LogP contribution in [0.25, 0.3) is 11.0 Å². The zero-order chi connectivity index (χ0) is 18.4. The predicted octanol–water partition coefficient (Wildman–Crippen LogP) is 4.95. The third kappa shape index (κ3) is 3.58. The number of rotatable bonds is 2. The van der Waals surface area contributed by atoms with Gasteiger partial charge in [0, 0.05) is 27.4 Å². The van der Waals surface area contributed by atoms with Gasteiger partial charge in [-0.1, -0.05) is 11.6 Å². The van der Waals surface area contributed by atoms with E-state index in [-0.39, 0.29) is 11.6 Å². The molecular weight excluding hydrogens is 455 g/mol. The molecule has 0 spiro atoms. The van der Waals surface area contributed by atoms with Gasteiger partial charge in [-0.05, 0) is 69.0 Å². The van der Waals surface area contributed by atoms with Crippen LogP contribution in [0.5, 0.6) is 0 Å². The van der Waals surface area contributed by atoms with Gasteiger partial charge in [-0.3, -0.25) is 0 Å². The standard InChI is InChI=1S/C17H22ClIN4O2/c1-17(2,3)23(16(24)25)11-6-4-10(5-7-11)22-8-12(19)13-14(18)20-9-21-15(13)22/h8-11H,4-7H2,1-3H3,(H,24,25). The predicted molar refractivity (Wildman–Crippen MR) is 106 cm³/mol. The number of amides is 1. The van der Waals surface area contributed by atoms with Crippen molar-refractivity contribution in [3.05, 3.63) is 21.2 Å². The lowest BCUT2D eigenvalue weighted by Crippen LogP contribution is -2.52. The second kappa shape index (κ2) is 6.90. The zero-order valence-corrected chi connectivity index (χ0v) is 17.5. The fraction of sp³-hybridized carbons (Fsp3) is 0.588. The quantitative estimate of drug-likeness (QED) is 0.492. The minimum absolute atomic E-state index is 0.0628. The number of hydrogen-bond acceptors (Lipinski definition) is 3. The lowest BCUT2D eigenvalue weighted by molar-refractivity contribution is 0.0514. The first-order valence-corrected chi connectivity index (χ1v) is 9.84. The molecule has 0 saturated heterocycles. The highest BCUT2D eigenvalue weighted by Crippen LogP contribution is 2.37. The molecule has 1 aliphatic rings. The second-order valence-corrected chi connectivity index (χ2v) is 9.05. The number of fused-ring (bicyclic) bond motifs is 1. The largest absolute Gasteiger partial charge is 0.465 e. The number of halogens is 2. The molecule has 2 aromatic rings. The van der Waals surface area contributed by atoms with E-state index in [9.17, 15) is 9.90 Å². The summed E-state index contributed by atoms with van der Waals surface area (Å²) in [5.41, 5.74) is 0.471. The molecule has 0 aliphatic heterocycles.